The van der Waals surface area contributed by atoms with Crippen LogP contribution in [0.15, 0.2) is 30.6 Å². The van der Waals surface area contributed by atoms with Crippen molar-refractivity contribution in [3.05, 3.63) is 45.7 Å². The first kappa shape index (κ1) is 20.6. The van der Waals surface area contributed by atoms with Crippen LogP contribution in [0, 0.1) is 5.92 Å². The van der Waals surface area contributed by atoms with Crippen LogP contribution >= 0.6 is 34.8 Å². The number of rotatable bonds is 5. The zero-order valence-corrected chi connectivity index (χ0v) is 17.0. The van der Waals surface area contributed by atoms with Gasteiger partial charge in [0.15, 0.2) is 6.61 Å². The average molecular weight is 444 g/mol. The van der Waals surface area contributed by atoms with E-state index in [1.165, 1.54) is 12.1 Å². The highest BCUT2D eigenvalue weighted by molar-refractivity contribution is 6.42. The summed E-state index contributed by atoms with van der Waals surface area (Å²) in [6, 6.07) is 4.67. The van der Waals surface area contributed by atoms with E-state index in [2.05, 4.69) is 15.3 Å². The molecule has 7 nitrogen and oxygen atoms in total. The first-order valence-corrected chi connectivity index (χ1v) is 9.70. The molecule has 0 unspecified atom stereocenters. The highest BCUT2D eigenvalue weighted by Gasteiger charge is 2.27. The van der Waals surface area contributed by atoms with E-state index >= 15 is 0 Å². The van der Waals surface area contributed by atoms with Gasteiger partial charge in [0.1, 0.15) is 0 Å². The smallest absolute Gasteiger partial charge is 0.309 e. The van der Waals surface area contributed by atoms with E-state index in [0.29, 0.717) is 36.9 Å². The minimum atomic E-state index is -0.533. The molecule has 1 N–H and O–H groups in total. The molecule has 1 aromatic carbocycles. The van der Waals surface area contributed by atoms with Gasteiger partial charge in [-0.15, -0.1) is 0 Å². The summed E-state index contributed by atoms with van der Waals surface area (Å²) in [6.45, 7) is 0.869. The van der Waals surface area contributed by atoms with Crippen LogP contribution in [0.5, 0.6) is 0 Å². The number of esters is 1. The van der Waals surface area contributed by atoms with Gasteiger partial charge in [-0.05, 0) is 31.0 Å². The summed E-state index contributed by atoms with van der Waals surface area (Å²) in [5, 5.41) is 3.29. The van der Waals surface area contributed by atoms with Crippen LogP contribution in [0.1, 0.15) is 12.8 Å². The van der Waals surface area contributed by atoms with Gasteiger partial charge in [0.05, 0.1) is 21.7 Å². The highest BCUT2D eigenvalue weighted by atomic mass is 35.5. The Morgan fingerprint density at radius 1 is 1.11 bits per heavy atom. The Hall–Kier alpha value is -2.09. The molecule has 2 heterocycles. The summed E-state index contributed by atoms with van der Waals surface area (Å²) in [7, 11) is 0. The number of nitrogens with zero attached hydrogens (tertiary/aromatic N) is 3. The topological polar surface area (TPSA) is 84.4 Å². The third-order valence-corrected chi connectivity index (χ3v) is 5.09. The number of halogens is 3. The molecular formula is C18H17Cl3N4O3. The lowest BCUT2D eigenvalue weighted by Gasteiger charge is -2.30. The molecule has 0 spiro atoms. The number of benzene rings is 1. The van der Waals surface area contributed by atoms with Crippen molar-refractivity contribution >= 4 is 58.3 Å². The maximum Gasteiger partial charge on any atom is 0.309 e. The molecule has 1 amide bonds. The van der Waals surface area contributed by atoms with Crippen LogP contribution < -0.4 is 10.2 Å². The van der Waals surface area contributed by atoms with Crippen LogP contribution in [-0.4, -0.2) is 41.5 Å². The number of ether oxygens (including phenoxy) is 1. The van der Waals surface area contributed by atoms with E-state index in [-0.39, 0.29) is 21.7 Å². The molecule has 0 saturated carbocycles. The van der Waals surface area contributed by atoms with Gasteiger partial charge >= 0.3 is 5.97 Å². The first-order chi connectivity index (χ1) is 13.4. The van der Waals surface area contributed by atoms with Crippen molar-refractivity contribution in [3.63, 3.8) is 0 Å². The Bertz CT molecular complexity index is 835. The van der Waals surface area contributed by atoms with Gasteiger partial charge in [-0.2, -0.15) is 0 Å². The summed E-state index contributed by atoms with van der Waals surface area (Å²) >= 11 is 17.9. The maximum atomic E-state index is 12.3. The molecule has 1 saturated heterocycles. The summed E-state index contributed by atoms with van der Waals surface area (Å²) in [4.78, 5) is 34.7. The van der Waals surface area contributed by atoms with Gasteiger partial charge in [-0.3, -0.25) is 9.59 Å². The zero-order chi connectivity index (χ0) is 20.1. The molecule has 148 valence electrons. The van der Waals surface area contributed by atoms with E-state index in [4.69, 9.17) is 39.5 Å². The summed E-state index contributed by atoms with van der Waals surface area (Å²) in [5.41, 5.74) is 0.227. The lowest BCUT2D eigenvalue weighted by atomic mass is 9.97. The largest absolute Gasteiger partial charge is 0.455 e. The van der Waals surface area contributed by atoms with Gasteiger partial charge < -0.3 is 15.0 Å². The Kier molecular flexibility index (Phi) is 6.93. The molecule has 1 aliphatic rings. The number of amides is 1. The minimum Gasteiger partial charge on any atom is -0.455 e. The van der Waals surface area contributed by atoms with Crippen molar-refractivity contribution in [2.75, 3.05) is 29.9 Å². The number of hydrogen-bond donors (Lipinski definition) is 1. The van der Waals surface area contributed by atoms with Crippen LogP contribution in [-0.2, 0) is 14.3 Å². The molecule has 1 aliphatic heterocycles. The fourth-order valence-electron chi connectivity index (χ4n) is 2.86. The third kappa shape index (κ3) is 5.25. The summed E-state index contributed by atoms with van der Waals surface area (Å²) in [5.74, 6) is -0.562. The highest BCUT2D eigenvalue weighted by Crippen LogP contribution is 2.33. The Labute approximate surface area is 176 Å². The van der Waals surface area contributed by atoms with Crippen molar-refractivity contribution in [3.8, 4) is 0 Å². The van der Waals surface area contributed by atoms with Crippen molar-refractivity contribution in [2.45, 2.75) is 12.8 Å². The normalized spacial score (nSPS) is 14.6. The number of hydrogen-bond acceptors (Lipinski definition) is 6. The van der Waals surface area contributed by atoms with Crippen LogP contribution in [0.3, 0.4) is 0 Å². The van der Waals surface area contributed by atoms with Crippen molar-refractivity contribution in [1.82, 2.24) is 9.97 Å². The molecule has 0 bridgehead atoms. The standard InChI is InChI=1S/C18H17Cl3N4O3/c19-12-8-13(20)16(14(21)9-12)24-15(26)10-28-17(27)11-2-6-25(7-3-11)18-22-4-1-5-23-18/h1,4-5,8-9,11H,2-3,6-7,10H2,(H,24,26). The van der Waals surface area contributed by atoms with Crippen molar-refractivity contribution in [1.29, 1.82) is 0 Å². The number of aromatic nitrogens is 2. The van der Waals surface area contributed by atoms with E-state index < -0.39 is 18.5 Å². The van der Waals surface area contributed by atoms with Crippen molar-refractivity contribution in [2.24, 2.45) is 5.92 Å². The van der Waals surface area contributed by atoms with E-state index in [1.807, 2.05) is 4.90 Å². The Balaban J connectivity index is 1.46. The maximum absolute atomic E-state index is 12.3. The number of carbonyl (C=O) groups is 2. The van der Waals surface area contributed by atoms with E-state index in [0.717, 1.165) is 0 Å². The van der Waals surface area contributed by atoms with E-state index in [9.17, 15) is 9.59 Å². The number of carbonyl (C=O) groups excluding carboxylic acids is 2. The minimum absolute atomic E-state index is 0.202. The molecular weight excluding hydrogens is 427 g/mol. The summed E-state index contributed by atoms with van der Waals surface area (Å²) < 4.78 is 5.15. The molecule has 28 heavy (non-hydrogen) atoms. The van der Waals surface area contributed by atoms with Gasteiger partial charge in [-0.1, -0.05) is 34.8 Å². The predicted octanol–water partition coefficient (Wildman–Crippen LogP) is 3.84. The number of anilines is 2. The molecule has 1 aromatic heterocycles. The third-order valence-electron chi connectivity index (χ3n) is 4.28. The van der Waals surface area contributed by atoms with Gasteiger partial charge in [0, 0.05) is 30.5 Å². The molecule has 0 radical (unpaired) electrons. The van der Waals surface area contributed by atoms with Crippen LogP contribution in [0.4, 0.5) is 11.6 Å². The van der Waals surface area contributed by atoms with Crippen LogP contribution in [0.25, 0.3) is 0 Å². The quantitative estimate of drug-likeness (QED) is 0.707. The zero-order valence-electron chi connectivity index (χ0n) is 14.7. The molecule has 1 fully saturated rings. The van der Waals surface area contributed by atoms with Crippen LogP contribution in [0.2, 0.25) is 15.1 Å². The summed E-state index contributed by atoms with van der Waals surface area (Å²) in [6.07, 6.45) is 4.57. The van der Waals surface area contributed by atoms with Gasteiger partial charge in [0.25, 0.3) is 5.91 Å². The number of piperidine rings is 1. The van der Waals surface area contributed by atoms with E-state index in [1.54, 1.807) is 18.5 Å². The molecule has 10 heteroatoms. The fraction of sp³-hybridized carbons (Fsp3) is 0.333. The monoisotopic (exact) mass is 442 g/mol. The Morgan fingerprint density at radius 2 is 1.71 bits per heavy atom. The molecule has 2 aromatic rings. The SMILES string of the molecule is O=C(COC(=O)C1CCN(c2ncccn2)CC1)Nc1c(Cl)cc(Cl)cc1Cl. The van der Waals surface area contributed by atoms with Crippen molar-refractivity contribution < 1.29 is 14.3 Å². The lowest BCUT2D eigenvalue weighted by molar-refractivity contribution is -0.152. The van der Waals surface area contributed by atoms with Gasteiger partial charge in [-0.25, -0.2) is 9.97 Å². The predicted molar refractivity (Wildman–Crippen MR) is 108 cm³/mol. The Morgan fingerprint density at radius 3 is 2.32 bits per heavy atom. The van der Waals surface area contributed by atoms with Gasteiger partial charge in [0.2, 0.25) is 5.95 Å². The first-order valence-electron chi connectivity index (χ1n) is 8.57. The molecule has 0 aliphatic carbocycles. The molecule has 3 rings (SSSR count). The average Bonchev–Trinajstić information content (AvgIpc) is 2.69. The second-order valence-corrected chi connectivity index (χ2v) is 7.46. The second kappa shape index (κ2) is 9.41. The second-order valence-electron chi connectivity index (χ2n) is 6.21. The fourth-order valence-corrected chi connectivity index (χ4v) is 3.77. The lowest BCUT2D eigenvalue weighted by Crippen LogP contribution is -2.38. The number of nitrogens with one attached hydrogen (secondary N) is 1. The molecule has 0 atom stereocenters.